The normalized spacial score (nSPS) is 10.0. The van der Waals surface area contributed by atoms with Crippen LogP contribution in [0.1, 0.15) is 0 Å². The molecule has 2 heterocycles. The van der Waals surface area contributed by atoms with Crippen LogP contribution in [-0.2, 0) is 0 Å². The summed E-state index contributed by atoms with van der Waals surface area (Å²) < 4.78 is 4.15. The SMILES string of the molecule is [c]1cc(-c2ccsc2)ns1. The molecular formula is C7H4NS2. The van der Waals surface area contributed by atoms with Crippen LogP contribution in [0.4, 0.5) is 0 Å². The van der Waals surface area contributed by atoms with Gasteiger partial charge in [-0.3, -0.25) is 0 Å². The summed E-state index contributed by atoms with van der Waals surface area (Å²) in [6.07, 6.45) is 0. The molecule has 0 aromatic carbocycles. The smallest absolute Gasteiger partial charge is 0.0855 e. The Bertz CT molecular complexity index is 251. The van der Waals surface area contributed by atoms with Crippen LogP contribution >= 0.6 is 22.9 Å². The van der Waals surface area contributed by atoms with Crippen LogP contribution in [0, 0.1) is 5.38 Å². The van der Waals surface area contributed by atoms with E-state index in [0.29, 0.717) is 0 Å². The zero-order chi connectivity index (χ0) is 6.81. The molecule has 0 spiro atoms. The largest absolute Gasteiger partial charge is 0.192 e. The quantitative estimate of drug-likeness (QED) is 0.634. The van der Waals surface area contributed by atoms with E-state index in [0.717, 1.165) is 5.69 Å². The van der Waals surface area contributed by atoms with E-state index in [1.807, 2.05) is 6.07 Å². The minimum Gasteiger partial charge on any atom is -0.192 e. The lowest BCUT2D eigenvalue weighted by Crippen LogP contribution is -1.66. The van der Waals surface area contributed by atoms with Gasteiger partial charge in [-0.1, -0.05) is 0 Å². The van der Waals surface area contributed by atoms with Gasteiger partial charge in [0.1, 0.15) is 0 Å². The average molecular weight is 166 g/mol. The third-order valence-corrected chi connectivity index (χ3v) is 2.40. The van der Waals surface area contributed by atoms with Crippen LogP contribution in [-0.4, -0.2) is 4.37 Å². The second kappa shape index (κ2) is 2.52. The number of hydrogen-bond donors (Lipinski definition) is 0. The predicted molar refractivity (Wildman–Crippen MR) is 44.3 cm³/mol. The summed E-state index contributed by atoms with van der Waals surface area (Å²) in [6, 6.07) is 3.97. The molecule has 0 atom stereocenters. The molecule has 10 heavy (non-hydrogen) atoms. The molecule has 1 nitrogen and oxygen atoms in total. The Labute approximate surface area is 67.1 Å². The lowest BCUT2D eigenvalue weighted by atomic mass is 10.2. The molecule has 2 aromatic rings. The van der Waals surface area contributed by atoms with Crippen molar-refractivity contribution in [2.75, 3.05) is 0 Å². The maximum atomic E-state index is 4.15. The fraction of sp³-hybridized carbons (Fsp3) is 0. The standard InChI is InChI=1S/C7H4NS2/c1-3-9-5-6(1)7-2-4-10-8-7/h1-3,5H. The Morgan fingerprint density at radius 3 is 3.10 bits per heavy atom. The summed E-state index contributed by atoms with van der Waals surface area (Å²) in [6.45, 7) is 0. The number of nitrogens with zero attached hydrogens (tertiary/aromatic N) is 1. The van der Waals surface area contributed by atoms with Crippen LogP contribution in [0.5, 0.6) is 0 Å². The predicted octanol–water partition coefficient (Wildman–Crippen LogP) is 2.67. The van der Waals surface area contributed by atoms with Gasteiger partial charge in [0.25, 0.3) is 0 Å². The van der Waals surface area contributed by atoms with E-state index in [-0.39, 0.29) is 0 Å². The number of rotatable bonds is 1. The maximum Gasteiger partial charge on any atom is 0.0855 e. The van der Waals surface area contributed by atoms with Crippen molar-refractivity contribution in [1.82, 2.24) is 4.37 Å². The molecule has 0 saturated carbocycles. The second-order valence-corrected chi connectivity index (χ2v) is 3.22. The van der Waals surface area contributed by atoms with Crippen molar-refractivity contribution in [2.24, 2.45) is 0 Å². The van der Waals surface area contributed by atoms with Crippen LogP contribution < -0.4 is 0 Å². The van der Waals surface area contributed by atoms with Crippen molar-refractivity contribution in [1.29, 1.82) is 0 Å². The van der Waals surface area contributed by atoms with E-state index < -0.39 is 0 Å². The van der Waals surface area contributed by atoms with Crippen molar-refractivity contribution in [3.05, 3.63) is 28.3 Å². The zero-order valence-electron chi connectivity index (χ0n) is 5.07. The van der Waals surface area contributed by atoms with Crippen LogP contribution in [0.15, 0.2) is 22.9 Å². The third-order valence-electron chi connectivity index (χ3n) is 1.21. The first kappa shape index (κ1) is 6.07. The Balaban J connectivity index is 2.48. The molecule has 1 radical (unpaired) electrons. The van der Waals surface area contributed by atoms with Crippen LogP contribution in [0.25, 0.3) is 11.3 Å². The third kappa shape index (κ3) is 0.978. The van der Waals surface area contributed by atoms with Gasteiger partial charge in [0.15, 0.2) is 0 Å². The monoisotopic (exact) mass is 166 g/mol. The van der Waals surface area contributed by atoms with E-state index in [1.165, 1.54) is 17.1 Å². The van der Waals surface area contributed by atoms with Gasteiger partial charge in [0.2, 0.25) is 0 Å². The summed E-state index contributed by atoms with van der Waals surface area (Å²) >= 11 is 3.06. The molecular weight excluding hydrogens is 162 g/mol. The molecule has 2 rings (SSSR count). The van der Waals surface area contributed by atoms with Gasteiger partial charge in [-0.2, -0.15) is 15.7 Å². The molecule has 0 aliphatic heterocycles. The first-order valence-corrected chi connectivity index (χ1v) is 4.54. The molecule has 0 amide bonds. The molecule has 2 aromatic heterocycles. The van der Waals surface area contributed by atoms with Crippen molar-refractivity contribution in [3.63, 3.8) is 0 Å². The van der Waals surface area contributed by atoms with Crippen molar-refractivity contribution in [2.45, 2.75) is 0 Å². The Kier molecular flexibility index (Phi) is 1.53. The van der Waals surface area contributed by atoms with E-state index >= 15 is 0 Å². The van der Waals surface area contributed by atoms with Crippen LogP contribution in [0.3, 0.4) is 0 Å². The Morgan fingerprint density at radius 2 is 2.50 bits per heavy atom. The fourth-order valence-electron chi connectivity index (χ4n) is 0.730. The van der Waals surface area contributed by atoms with Gasteiger partial charge >= 0.3 is 0 Å². The summed E-state index contributed by atoms with van der Waals surface area (Å²) in [5.41, 5.74) is 2.23. The topological polar surface area (TPSA) is 12.9 Å². The Hall–Kier alpha value is -0.670. The average Bonchev–Trinajstić information content (AvgIpc) is 2.59. The zero-order valence-corrected chi connectivity index (χ0v) is 6.71. The van der Waals surface area contributed by atoms with Gasteiger partial charge in [0, 0.05) is 10.9 Å². The minimum absolute atomic E-state index is 1.03. The van der Waals surface area contributed by atoms with Gasteiger partial charge in [-0.15, -0.1) is 0 Å². The summed E-state index contributed by atoms with van der Waals surface area (Å²) in [5.74, 6) is 0. The molecule has 0 N–H and O–H groups in total. The summed E-state index contributed by atoms with van der Waals surface area (Å²) in [5, 5.41) is 7.09. The highest BCUT2D eigenvalue weighted by Gasteiger charge is 1.97. The van der Waals surface area contributed by atoms with Crippen molar-refractivity contribution < 1.29 is 0 Å². The van der Waals surface area contributed by atoms with Crippen molar-refractivity contribution >= 4 is 22.9 Å². The van der Waals surface area contributed by atoms with Crippen LogP contribution in [0.2, 0.25) is 0 Å². The molecule has 0 saturated heterocycles. The lowest BCUT2D eigenvalue weighted by Gasteiger charge is -1.83. The number of hydrogen-bond acceptors (Lipinski definition) is 3. The maximum absolute atomic E-state index is 4.15. The van der Waals surface area contributed by atoms with E-state index in [4.69, 9.17) is 0 Å². The summed E-state index contributed by atoms with van der Waals surface area (Å²) in [7, 11) is 0. The number of thiophene rings is 1. The minimum atomic E-state index is 1.03. The fourth-order valence-corrected chi connectivity index (χ4v) is 1.85. The van der Waals surface area contributed by atoms with Gasteiger partial charge in [-0.25, -0.2) is 0 Å². The van der Waals surface area contributed by atoms with E-state index in [1.54, 1.807) is 11.3 Å². The molecule has 49 valence electrons. The molecule has 0 bridgehead atoms. The lowest BCUT2D eigenvalue weighted by molar-refractivity contribution is 1.56. The number of aromatic nitrogens is 1. The molecule has 0 aliphatic carbocycles. The van der Waals surface area contributed by atoms with E-state index in [2.05, 4.69) is 26.6 Å². The molecule has 0 aliphatic rings. The van der Waals surface area contributed by atoms with Gasteiger partial charge in [-0.05, 0) is 29.0 Å². The van der Waals surface area contributed by atoms with Crippen molar-refractivity contribution in [3.8, 4) is 11.3 Å². The highest BCUT2D eigenvalue weighted by molar-refractivity contribution is 7.08. The first-order chi connectivity index (χ1) is 4.97. The Morgan fingerprint density at radius 1 is 1.50 bits per heavy atom. The second-order valence-electron chi connectivity index (χ2n) is 1.84. The first-order valence-electron chi connectivity index (χ1n) is 2.82. The highest BCUT2D eigenvalue weighted by atomic mass is 32.1. The van der Waals surface area contributed by atoms with Gasteiger partial charge in [0.05, 0.1) is 11.1 Å². The van der Waals surface area contributed by atoms with Gasteiger partial charge < -0.3 is 0 Å². The van der Waals surface area contributed by atoms with E-state index in [9.17, 15) is 0 Å². The highest BCUT2D eigenvalue weighted by Crippen LogP contribution is 2.20. The molecule has 0 unspecified atom stereocenters. The molecule has 0 fully saturated rings. The molecule has 3 heteroatoms. The summed E-state index contributed by atoms with van der Waals surface area (Å²) in [4.78, 5) is 0.